The summed E-state index contributed by atoms with van der Waals surface area (Å²) in [6.45, 7) is 6.88. The minimum absolute atomic E-state index is 0.0648. The van der Waals surface area contributed by atoms with Gasteiger partial charge in [0.05, 0.1) is 6.04 Å². The molecule has 0 aromatic carbocycles. The highest BCUT2D eigenvalue weighted by Crippen LogP contribution is 2.35. The lowest BCUT2D eigenvalue weighted by atomic mass is 9.88. The first kappa shape index (κ1) is 17.7. The fourth-order valence-corrected chi connectivity index (χ4v) is 5.13. The van der Waals surface area contributed by atoms with Crippen molar-refractivity contribution in [2.45, 2.75) is 77.7 Å². The van der Waals surface area contributed by atoms with Crippen molar-refractivity contribution in [2.24, 2.45) is 5.92 Å². The molecule has 3 aliphatic rings. The van der Waals surface area contributed by atoms with E-state index in [4.69, 9.17) is 9.97 Å². The number of rotatable bonds is 3. The molecular weight excluding hydrogens is 324 g/mol. The molecule has 1 aliphatic carbocycles. The van der Waals surface area contributed by atoms with Crippen LogP contribution in [0.1, 0.15) is 81.4 Å². The zero-order valence-corrected chi connectivity index (χ0v) is 16.3. The average Bonchev–Trinajstić information content (AvgIpc) is 3.13. The van der Waals surface area contributed by atoms with Gasteiger partial charge in [0, 0.05) is 37.8 Å². The fraction of sp³-hybridized carbons (Fsp3) is 0.762. The largest absolute Gasteiger partial charge is 0.356 e. The van der Waals surface area contributed by atoms with Crippen molar-refractivity contribution < 1.29 is 4.79 Å². The number of nitrogens with zero attached hydrogens (tertiary/aromatic N) is 4. The maximum Gasteiger partial charge on any atom is 0.220 e. The minimum Gasteiger partial charge on any atom is -0.356 e. The van der Waals surface area contributed by atoms with Crippen LogP contribution in [0.15, 0.2) is 0 Å². The van der Waals surface area contributed by atoms with Crippen molar-refractivity contribution in [2.75, 3.05) is 24.5 Å². The van der Waals surface area contributed by atoms with Crippen LogP contribution in [0.5, 0.6) is 0 Å². The van der Waals surface area contributed by atoms with Crippen molar-refractivity contribution in [3.8, 4) is 0 Å². The lowest BCUT2D eigenvalue weighted by Gasteiger charge is -2.35. The lowest BCUT2D eigenvalue weighted by Crippen LogP contribution is -2.37. The first-order valence-corrected chi connectivity index (χ1v) is 10.5. The van der Waals surface area contributed by atoms with Gasteiger partial charge in [-0.3, -0.25) is 4.79 Å². The normalized spacial score (nSPS) is 24.0. The average molecular weight is 357 g/mol. The van der Waals surface area contributed by atoms with Gasteiger partial charge in [-0.25, -0.2) is 9.97 Å². The summed E-state index contributed by atoms with van der Waals surface area (Å²) in [7, 11) is 0. The third-order valence-corrected chi connectivity index (χ3v) is 6.52. The maximum atomic E-state index is 12.0. The van der Waals surface area contributed by atoms with Gasteiger partial charge in [0.25, 0.3) is 0 Å². The molecule has 3 heterocycles. The number of carbonyl (C=O) groups is 1. The summed E-state index contributed by atoms with van der Waals surface area (Å²) in [6, 6.07) is 0.0648. The summed E-state index contributed by atoms with van der Waals surface area (Å²) in [6.07, 6.45) is 11.2. The third-order valence-electron chi connectivity index (χ3n) is 6.52. The van der Waals surface area contributed by atoms with E-state index < -0.39 is 0 Å². The molecule has 2 aliphatic heterocycles. The zero-order valence-electron chi connectivity index (χ0n) is 16.3. The second-order valence-corrected chi connectivity index (χ2v) is 8.39. The Morgan fingerprint density at radius 3 is 2.62 bits per heavy atom. The number of hydrogen-bond donors (Lipinski definition) is 0. The Morgan fingerprint density at radius 1 is 1.04 bits per heavy atom. The van der Waals surface area contributed by atoms with Crippen LogP contribution in [-0.2, 0) is 11.2 Å². The topological polar surface area (TPSA) is 49.3 Å². The van der Waals surface area contributed by atoms with Gasteiger partial charge in [0.2, 0.25) is 5.91 Å². The molecule has 5 heteroatoms. The number of aromatic nitrogens is 2. The monoisotopic (exact) mass is 356 g/mol. The minimum atomic E-state index is 0.0648. The number of fused-ring (bicyclic) bond motifs is 1. The highest BCUT2D eigenvalue weighted by Gasteiger charge is 2.32. The van der Waals surface area contributed by atoms with Gasteiger partial charge in [-0.15, -0.1) is 0 Å². The number of aryl methyl sites for hydroxylation is 1. The van der Waals surface area contributed by atoms with E-state index in [0.717, 1.165) is 56.3 Å². The van der Waals surface area contributed by atoms with E-state index in [9.17, 15) is 4.79 Å². The summed E-state index contributed by atoms with van der Waals surface area (Å²) in [5.41, 5.74) is 2.46. The molecule has 0 bridgehead atoms. The molecule has 1 aromatic heterocycles. The van der Waals surface area contributed by atoms with Crippen molar-refractivity contribution in [1.29, 1.82) is 0 Å². The van der Waals surface area contributed by atoms with E-state index in [-0.39, 0.29) is 11.9 Å². The summed E-state index contributed by atoms with van der Waals surface area (Å²) in [5, 5.41) is 0. The number of anilines is 1. The van der Waals surface area contributed by atoms with Crippen molar-refractivity contribution in [1.82, 2.24) is 14.9 Å². The first-order chi connectivity index (χ1) is 12.6. The summed E-state index contributed by atoms with van der Waals surface area (Å²) >= 11 is 0. The standard InChI is InChI=1S/C21H32N4O/c1-15-18-10-6-12-24(14-17-8-4-3-5-9-17)21(18)23-20(22-15)19-11-7-13-25(19)16(2)26/h17,19H,3-14H2,1-2H3/t19-/m1/s1. The maximum absolute atomic E-state index is 12.0. The molecule has 0 unspecified atom stereocenters. The van der Waals surface area contributed by atoms with Gasteiger partial charge in [0.1, 0.15) is 5.82 Å². The number of likely N-dealkylation sites (tertiary alicyclic amines) is 1. The van der Waals surface area contributed by atoms with Gasteiger partial charge in [-0.1, -0.05) is 19.3 Å². The second-order valence-electron chi connectivity index (χ2n) is 8.39. The molecule has 1 saturated carbocycles. The van der Waals surface area contributed by atoms with Crippen LogP contribution in [0.2, 0.25) is 0 Å². The van der Waals surface area contributed by atoms with Gasteiger partial charge in [-0.05, 0) is 51.4 Å². The Labute approximate surface area is 157 Å². The van der Waals surface area contributed by atoms with Crippen LogP contribution >= 0.6 is 0 Å². The van der Waals surface area contributed by atoms with Crippen molar-refractivity contribution in [3.05, 3.63) is 17.1 Å². The molecule has 1 aromatic rings. The molecule has 1 amide bonds. The fourth-order valence-electron chi connectivity index (χ4n) is 5.13. The van der Waals surface area contributed by atoms with E-state index in [1.807, 2.05) is 4.90 Å². The van der Waals surface area contributed by atoms with E-state index in [0.29, 0.717) is 0 Å². The van der Waals surface area contributed by atoms with Crippen LogP contribution in [0.25, 0.3) is 0 Å². The van der Waals surface area contributed by atoms with Crippen molar-refractivity contribution >= 4 is 11.7 Å². The first-order valence-electron chi connectivity index (χ1n) is 10.5. The second kappa shape index (κ2) is 7.53. The molecule has 142 valence electrons. The number of amides is 1. The van der Waals surface area contributed by atoms with Crippen molar-refractivity contribution in [3.63, 3.8) is 0 Å². The Kier molecular flexibility index (Phi) is 5.14. The molecule has 1 atom stereocenters. The highest BCUT2D eigenvalue weighted by molar-refractivity contribution is 5.74. The van der Waals surface area contributed by atoms with E-state index in [2.05, 4.69) is 11.8 Å². The van der Waals surface area contributed by atoms with Gasteiger partial charge in [-0.2, -0.15) is 0 Å². The van der Waals surface area contributed by atoms with Crippen LogP contribution < -0.4 is 4.90 Å². The molecule has 0 spiro atoms. The number of hydrogen-bond acceptors (Lipinski definition) is 4. The molecule has 0 N–H and O–H groups in total. The predicted molar refractivity (Wildman–Crippen MR) is 103 cm³/mol. The molecule has 5 nitrogen and oxygen atoms in total. The summed E-state index contributed by atoms with van der Waals surface area (Å²) in [4.78, 5) is 26.4. The Bertz CT molecular complexity index is 668. The summed E-state index contributed by atoms with van der Waals surface area (Å²) in [5.74, 6) is 2.99. The van der Waals surface area contributed by atoms with E-state index in [1.54, 1.807) is 6.92 Å². The van der Waals surface area contributed by atoms with E-state index in [1.165, 1.54) is 49.9 Å². The predicted octanol–water partition coefficient (Wildman–Crippen LogP) is 3.80. The Hall–Kier alpha value is -1.65. The van der Waals surface area contributed by atoms with Gasteiger partial charge < -0.3 is 9.80 Å². The SMILES string of the molecule is CC(=O)N1CCC[C@@H]1c1nc(C)c2c(n1)N(CC1CCCCC1)CCC2. The molecule has 4 rings (SSSR count). The van der Waals surface area contributed by atoms with Gasteiger partial charge >= 0.3 is 0 Å². The molecule has 0 radical (unpaired) electrons. The van der Waals surface area contributed by atoms with Gasteiger partial charge in [0.15, 0.2) is 5.82 Å². The zero-order chi connectivity index (χ0) is 18.1. The molecular formula is C21H32N4O. The van der Waals surface area contributed by atoms with E-state index >= 15 is 0 Å². The Balaban J connectivity index is 1.62. The lowest BCUT2D eigenvalue weighted by molar-refractivity contribution is -0.129. The molecule has 26 heavy (non-hydrogen) atoms. The summed E-state index contributed by atoms with van der Waals surface area (Å²) < 4.78 is 0. The van der Waals surface area contributed by atoms with Crippen LogP contribution in [-0.4, -0.2) is 40.4 Å². The van der Waals surface area contributed by atoms with Crippen LogP contribution in [0.4, 0.5) is 5.82 Å². The highest BCUT2D eigenvalue weighted by atomic mass is 16.2. The Morgan fingerprint density at radius 2 is 1.85 bits per heavy atom. The quantitative estimate of drug-likeness (QED) is 0.826. The van der Waals surface area contributed by atoms with Crippen LogP contribution in [0, 0.1) is 12.8 Å². The number of carbonyl (C=O) groups excluding carboxylic acids is 1. The smallest absolute Gasteiger partial charge is 0.220 e. The molecule has 2 fully saturated rings. The van der Waals surface area contributed by atoms with Crippen LogP contribution in [0.3, 0.4) is 0 Å². The molecule has 1 saturated heterocycles. The third kappa shape index (κ3) is 3.45.